The summed E-state index contributed by atoms with van der Waals surface area (Å²) >= 11 is 4.63. The summed E-state index contributed by atoms with van der Waals surface area (Å²) in [5, 5.41) is 5.92. The molecule has 6 unspecified atom stereocenters. The van der Waals surface area contributed by atoms with Gasteiger partial charge in [0.1, 0.15) is 6.54 Å². The van der Waals surface area contributed by atoms with Gasteiger partial charge in [0.2, 0.25) is 17.7 Å². The number of hydrogen-bond acceptors (Lipinski definition) is 7. The number of anilines is 1. The molecule has 4 aliphatic rings. The maximum Gasteiger partial charge on any atom is 0.305 e. The van der Waals surface area contributed by atoms with E-state index in [-0.39, 0.29) is 69.9 Å². The highest BCUT2D eigenvalue weighted by Crippen LogP contribution is 2.68. The molecule has 178 valence electrons. The summed E-state index contributed by atoms with van der Waals surface area (Å²) in [5.41, 5.74) is 0.637. The Morgan fingerprint density at radius 2 is 1.80 bits per heavy atom. The minimum atomic E-state index is -0.376. The number of aromatic nitrogens is 1. The Balaban J connectivity index is 1.19. The van der Waals surface area contributed by atoms with Crippen molar-refractivity contribution in [1.29, 1.82) is 0 Å². The van der Waals surface area contributed by atoms with Gasteiger partial charge in [0.15, 0.2) is 0 Å². The fraction of sp³-hybridized carbons (Fsp3) is 0.360. The van der Waals surface area contributed by atoms with Crippen molar-refractivity contribution in [3.8, 4) is 0 Å². The molecular formula is C25H21N3O4S3. The molecule has 4 heterocycles. The number of likely N-dealkylation sites (tertiary alicyclic amines) is 1. The van der Waals surface area contributed by atoms with Gasteiger partial charge in [0.25, 0.3) is 0 Å². The van der Waals surface area contributed by atoms with E-state index in [1.807, 2.05) is 24.3 Å². The standard InChI is InChI=1S/C25H21N3O4S3/c29-15(26-11-5-2-1-3-6-11)10-28-23(30)17-12-9-13(18(17)24(28)31)20-16(12)19(14-7-4-8-33-14)21-22(34-20)27-25(32)35-21/h1-8,12-13,16-20H,9-10H2,(H,26,29)(H,27,32)/t12?,13?,16?,17?,18?,19-,20?/m1/s1. The van der Waals surface area contributed by atoms with Crippen molar-refractivity contribution in [2.75, 3.05) is 11.9 Å². The van der Waals surface area contributed by atoms with E-state index in [1.54, 1.807) is 35.2 Å². The van der Waals surface area contributed by atoms with Crippen LogP contribution in [0, 0.1) is 29.6 Å². The highest BCUT2D eigenvalue weighted by atomic mass is 32.2. The van der Waals surface area contributed by atoms with Gasteiger partial charge in [-0.3, -0.25) is 24.1 Å². The Hall–Kier alpha value is -2.69. The van der Waals surface area contributed by atoms with Crippen LogP contribution in [-0.2, 0) is 14.4 Å². The van der Waals surface area contributed by atoms with Crippen molar-refractivity contribution >= 4 is 57.8 Å². The maximum absolute atomic E-state index is 13.6. The molecule has 1 aromatic carbocycles. The van der Waals surface area contributed by atoms with Crippen LogP contribution >= 0.6 is 34.4 Å². The molecular weight excluding hydrogens is 502 g/mol. The van der Waals surface area contributed by atoms with Gasteiger partial charge in [0.05, 0.1) is 16.9 Å². The van der Waals surface area contributed by atoms with E-state index in [0.717, 1.165) is 16.3 Å². The van der Waals surface area contributed by atoms with Crippen LogP contribution in [0.3, 0.4) is 0 Å². The van der Waals surface area contributed by atoms with Crippen molar-refractivity contribution < 1.29 is 14.4 Å². The number of carbonyl (C=O) groups is 3. The lowest BCUT2D eigenvalue weighted by atomic mass is 9.69. The fourth-order valence-corrected chi connectivity index (χ4v) is 10.7. The van der Waals surface area contributed by atoms with E-state index in [0.29, 0.717) is 5.69 Å². The van der Waals surface area contributed by atoms with Crippen molar-refractivity contribution in [1.82, 2.24) is 9.88 Å². The topological polar surface area (TPSA) is 99.3 Å². The number of carbonyl (C=O) groups excluding carboxylic acids is 3. The normalized spacial score (nSPS) is 32.5. The quantitative estimate of drug-likeness (QED) is 0.509. The molecule has 2 aromatic heterocycles. The Morgan fingerprint density at radius 1 is 1.03 bits per heavy atom. The smallest absolute Gasteiger partial charge is 0.305 e. The molecule has 0 spiro atoms. The average molecular weight is 524 g/mol. The average Bonchev–Trinajstić information content (AvgIpc) is 3.65. The second-order valence-electron chi connectivity index (χ2n) is 9.65. The molecule has 3 amide bonds. The molecule has 2 bridgehead atoms. The second-order valence-corrected chi connectivity index (χ2v) is 12.8. The number of imide groups is 1. The number of nitrogens with one attached hydrogen (secondary N) is 2. The van der Waals surface area contributed by atoms with E-state index in [2.05, 4.69) is 21.7 Å². The van der Waals surface area contributed by atoms with E-state index < -0.39 is 0 Å². The monoisotopic (exact) mass is 523 g/mol. The molecule has 2 saturated carbocycles. The van der Waals surface area contributed by atoms with Crippen molar-refractivity contribution in [3.05, 3.63) is 67.3 Å². The minimum absolute atomic E-state index is 0.0562. The first-order valence-electron chi connectivity index (χ1n) is 11.6. The molecule has 7 nitrogen and oxygen atoms in total. The van der Waals surface area contributed by atoms with Crippen LogP contribution in [0.1, 0.15) is 22.1 Å². The molecule has 2 aliphatic heterocycles. The number of H-pyrrole nitrogens is 1. The number of amides is 3. The van der Waals surface area contributed by atoms with Gasteiger partial charge in [-0.1, -0.05) is 35.6 Å². The summed E-state index contributed by atoms with van der Waals surface area (Å²) in [6.07, 6.45) is 0.847. The van der Waals surface area contributed by atoms with Gasteiger partial charge >= 0.3 is 4.87 Å². The number of fused-ring (bicyclic) bond motifs is 9. The van der Waals surface area contributed by atoms with Crippen molar-refractivity contribution in [2.24, 2.45) is 29.6 Å². The van der Waals surface area contributed by atoms with Crippen molar-refractivity contribution in [2.45, 2.75) is 22.6 Å². The van der Waals surface area contributed by atoms with E-state index in [4.69, 9.17) is 0 Å². The van der Waals surface area contributed by atoms with Crippen LogP contribution in [0.2, 0.25) is 0 Å². The lowest BCUT2D eigenvalue weighted by molar-refractivity contribution is -0.143. The number of aromatic amines is 1. The number of thioether (sulfide) groups is 1. The first kappa shape index (κ1) is 21.6. The number of nitrogens with zero attached hydrogens (tertiary/aromatic N) is 1. The summed E-state index contributed by atoms with van der Waals surface area (Å²) in [6, 6.07) is 13.2. The Kier molecular flexibility index (Phi) is 4.88. The first-order chi connectivity index (χ1) is 17.0. The van der Waals surface area contributed by atoms with Gasteiger partial charge < -0.3 is 10.3 Å². The predicted molar refractivity (Wildman–Crippen MR) is 135 cm³/mol. The zero-order chi connectivity index (χ0) is 23.8. The lowest BCUT2D eigenvalue weighted by Crippen LogP contribution is -2.42. The number of thiazole rings is 1. The minimum Gasteiger partial charge on any atom is -0.325 e. The van der Waals surface area contributed by atoms with Gasteiger partial charge in [-0.15, -0.1) is 23.1 Å². The molecule has 7 atom stereocenters. The fourth-order valence-electron chi connectivity index (χ4n) is 6.89. The first-order valence-corrected chi connectivity index (χ1v) is 14.2. The second kappa shape index (κ2) is 7.91. The van der Waals surface area contributed by atoms with Crippen LogP contribution in [0.5, 0.6) is 0 Å². The zero-order valence-electron chi connectivity index (χ0n) is 18.4. The third-order valence-corrected chi connectivity index (χ3v) is 11.6. The Labute approximate surface area is 212 Å². The molecule has 3 aromatic rings. The molecule has 10 heteroatoms. The molecule has 3 fully saturated rings. The Bertz CT molecular complexity index is 1400. The SMILES string of the molecule is O=C(CN1C(=O)C2C3CC(C2C1=O)C1C3Sc2[nH]c(=O)sc2[C@@H]1c1cccs1)Nc1ccccc1. The number of hydrogen-bond donors (Lipinski definition) is 2. The summed E-state index contributed by atoms with van der Waals surface area (Å²) in [4.78, 5) is 58.4. The van der Waals surface area contributed by atoms with Gasteiger partial charge in [-0.2, -0.15) is 0 Å². The van der Waals surface area contributed by atoms with Crippen LogP contribution in [0.4, 0.5) is 5.69 Å². The maximum atomic E-state index is 13.6. The van der Waals surface area contributed by atoms with Gasteiger partial charge in [-0.25, -0.2) is 0 Å². The largest absolute Gasteiger partial charge is 0.325 e. The summed E-state index contributed by atoms with van der Waals surface area (Å²) in [5.74, 6) is -1.15. The zero-order valence-corrected chi connectivity index (χ0v) is 20.8. The molecule has 0 radical (unpaired) electrons. The summed E-state index contributed by atoms with van der Waals surface area (Å²) in [6.45, 7) is -0.253. The summed E-state index contributed by atoms with van der Waals surface area (Å²) < 4.78 is 0. The highest BCUT2D eigenvalue weighted by molar-refractivity contribution is 8.00. The van der Waals surface area contributed by atoms with Gasteiger partial charge in [0, 0.05) is 26.6 Å². The van der Waals surface area contributed by atoms with E-state index in [1.165, 1.54) is 21.1 Å². The van der Waals surface area contributed by atoms with Crippen LogP contribution in [-0.4, -0.2) is 39.4 Å². The highest BCUT2D eigenvalue weighted by Gasteiger charge is 2.69. The van der Waals surface area contributed by atoms with E-state index in [9.17, 15) is 19.2 Å². The van der Waals surface area contributed by atoms with Crippen LogP contribution in [0.25, 0.3) is 0 Å². The molecule has 1 saturated heterocycles. The van der Waals surface area contributed by atoms with Gasteiger partial charge in [-0.05, 0) is 47.8 Å². The molecule has 7 rings (SSSR count). The van der Waals surface area contributed by atoms with Crippen molar-refractivity contribution in [3.63, 3.8) is 0 Å². The lowest BCUT2D eigenvalue weighted by Gasteiger charge is -2.42. The molecule has 2 aliphatic carbocycles. The summed E-state index contributed by atoms with van der Waals surface area (Å²) in [7, 11) is 0. The third-order valence-electron chi connectivity index (χ3n) is 8.02. The third kappa shape index (κ3) is 3.16. The van der Waals surface area contributed by atoms with Crippen LogP contribution in [0.15, 0.2) is 57.7 Å². The van der Waals surface area contributed by atoms with Crippen LogP contribution < -0.4 is 10.2 Å². The number of benzene rings is 1. The predicted octanol–water partition coefficient (Wildman–Crippen LogP) is 3.61. The molecule has 2 N–H and O–H groups in total. The number of para-hydroxylation sites is 1. The Morgan fingerprint density at radius 3 is 2.54 bits per heavy atom. The number of thiophene rings is 1. The number of rotatable bonds is 4. The van der Waals surface area contributed by atoms with E-state index >= 15 is 0 Å². The molecule has 35 heavy (non-hydrogen) atoms.